The maximum Gasteiger partial charge on any atom is 0.255 e. The number of phenolic OH excluding ortho intramolecular Hbond substituents is 1. The molecule has 2 atom stereocenters. The second-order valence-electron chi connectivity index (χ2n) is 4.38. The van der Waals surface area contributed by atoms with Gasteiger partial charge in [-0.15, -0.1) is 0 Å². The lowest BCUT2D eigenvalue weighted by Crippen LogP contribution is -2.39. The van der Waals surface area contributed by atoms with E-state index in [1.807, 2.05) is 6.92 Å². The van der Waals surface area contributed by atoms with Gasteiger partial charge < -0.3 is 15.7 Å². The van der Waals surface area contributed by atoms with E-state index in [-0.39, 0.29) is 17.4 Å². The first-order chi connectivity index (χ1) is 8.08. The Balaban J connectivity index is 2.11. The molecule has 1 aromatic rings. The number of benzene rings is 1. The fourth-order valence-corrected chi connectivity index (χ4v) is 1.94. The van der Waals surface area contributed by atoms with Crippen LogP contribution in [-0.4, -0.2) is 30.1 Å². The molecule has 1 fully saturated rings. The second kappa shape index (κ2) is 4.71. The molecule has 17 heavy (non-hydrogen) atoms. The Morgan fingerprint density at radius 1 is 1.53 bits per heavy atom. The van der Waals surface area contributed by atoms with E-state index in [1.165, 1.54) is 6.07 Å². The van der Waals surface area contributed by atoms with Crippen molar-refractivity contribution in [2.75, 3.05) is 13.1 Å². The zero-order valence-electron chi connectivity index (χ0n) is 9.53. The van der Waals surface area contributed by atoms with E-state index in [0.717, 1.165) is 18.7 Å². The summed E-state index contributed by atoms with van der Waals surface area (Å²) in [5, 5.41) is 15.4. The summed E-state index contributed by atoms with van der Waals surface area (Å²) in [4.78, 5) is 11.9. The maximum atomic E-state index is 13.0. The largest absolute Gasteiger partial charge is 0.507 e. The molecule has 0 radical (unpaired) electrons. The molecular weight excluding hydrogens is 223 g/mol. The van der Waals surface area contributed by atoms with Crippen LogP contribution in [0.25, 0.3) is 0 Å². The standard InChI is InChI=1S/C12H15FN2O2/c1-7-5-14-6-10(7)15-12(17)9-4-8(13)2-3-11(9)16/h2-4,7,10,14,16H,5-6H2,1H3,(H,15,17). The van der Waals surface area contributed by atoms with E-state index in [4.69, 9.17) is 0 Å². The molecule has 0 aliphatic carbocycles. The monoisotopic (exact) mass is 238 g/mol. The van der Waals surface area contributed by atoms with Gasteiger partial charge in [-0.2, -0.15) is 0 Å². The fourth-order valence-electron chi connectivity index (χ4n) is 1.94. The predicted octanol–water partition coefficient (Wildman–Crippen LogP) is 0.869. The summed E-state index contributed by atoms with van der Waals surface area (Å²) in [6.45, 7) is 3.57. The van der Waals surface area contributed by atoms with Gasteiger partial charge in [-0.25, -0.2) is 4.39 Å². The van der Waals surface area contributed by atoms with Gasteiger partial charge in [-0.1, -0.05) is 6.92 Å². The Bertz CT molecular complexity index is 437. The van der Waals surface area contributed by atoms with Crippen LogP contribution in [0, 0.1) is 11.7 Å². The first kappa shape index (κ1) is 11.9. The number of carbonyl (C=O) groups is 1. The Hall–Kier alpha value is -1.62. The van der Waals surface area contributed by atoms with Gasteiger partial charge in [0.1, 0.15) is 11.6 Å². The van der Waals surface area contributed by atoms with Gasteiger partial charge in [-0.05, 0) is 30.7 Å². The maximum absolute atomic E-state index is 13.0. The third-order valence-electron chi connectivity index (χ3n) is 3.04. The van der Waals surface area contributed by atoms with Gasteiger partial charge in [0, 0.05) is 12.6 Å². The van der Waals surface area contributed by atoms with Crippen LogP contribution in [0.4, 0.5) is 4.39 Å². The zero-order valence-corrected chi connectivity index (χ0v) is 9.53. The van der Waals surface area contributed by atoms with Crippen LogP contribution in [0.1, 0.15) is 17.3 Å². The molecular formula is C12H15FN2O2. The molecule has 0 spiro atoms. The molecule has 0 saturated carbocycles. The quantitative estimate of drug-likeness (QED) is 0.716. The summed E-state index contributed by atoms with van der Waals surface area (Å²) < 4.78 is 13.0. The molecule has 1 aliphatic rings. The SMILES string of the molecule is CC1CNCC1NC(=O)c1cc(F)ccc1O. The van der Waals surface area contributed by atoms with Crippen molar-refractivity contribution in [1.29, 1.82) is 0 Å². The van der Waals surface area contributed by atoms with Crippen LogP contribution >= 0.6 is 0 Å². The van der Waals surface area contributed by atoms with Gasteiger partial charge in [0.05, 0.1) is 5.56 Å². The van der Waals surface area contributed by atoms with E-state index in [9.17, 15) is 14.3 Å². The smallest absolute Gasteiger partial charge is 0.255 e. The number of amides is 1. The third kappa shape index (κ3) is 2.55. The van der Waals surface area contributed by atoms with Crippen molar-refractivity contribution < 1.29 is 14.3 Å². The number of hydrogen-bond donors (Lipinski definition) is 3. The molecule has 1 saturated heterocycles. The summed E-state index contributed by atoms with van der Waals surface area (Å²) in [7, 11) is 0. The number of nitrogens with one attached hydrogen (secondary N) is 2. The molecule has 2 rings (SSSR count). The highest BCUT2D eigenvalue weighted by Crippen LogP contribution is 2.18. The van der Waals surface area contributed by atoms with E-state index < -0.39 is 11.7 Å². The first-order valence-electron chi connectivity index (χ1n) is 5.58. The minimum absolute atomic E-state index is 0.0187. The molecule has 92 valence electrons. The molecule has 1 aliphatic heterocycles. The van der Waals surface area contributed by atoms with Crippen LogP contribution < -0.4 is 10.6 Å². The summed E-state index contributed by atoms with van der Waals surface area (Å²) in [5.41, 5.74) is -0.0240. The minimum atomic E-state index is -0.537. The van der Waals surface area contributed by atoms with Gasteiger partial charge in [-0.3, -0.25) is 4.79 Å². The lowest BCUT2D eigenvalue weighted by molar-refractivity contribution is 0.0929. The Morgan fingerprint density at radius 2 is 2.29 bits per heavy atom. The third-order valence-corrected chi connectivity index (χ3v) is 3.04. The number of aromatic hydroxyl groups is 1. The second-order valence-corrected chi connectivity index (χ2v) is 4.38. The predicted molar refractivity (Wildman–Crippen MR) is 61.4 cm³/mol. The lowest BCUT2D eigenvalue weighted by atomic mass is 10.1. The summed E-state index contributed by atoms with van der Waals surface area (Å²) in [6, 6.07) is 3.36. The van der Waals surface area contributed by atoms with Crippen molar-refractivity contribution in [2.24, 2.45) is 5.92 Å². The van der Waals surface area contributed by atoms with E-state index >= 15 is 0 Å². The molecule has 4 nitrogen and oxygen atoms in total. The van der Waals surface area contributed by atoms with Crippen molar-refractivity contribution in [1.82, 2.24) is 10.6 Å². The average Bonchev–Trinajstić information content (AvgIpc) is 2.68. The number of rotatable bonds is 2. The van der Waals surface area contributed by atoms with Crippen LogP contribution in [-0.2, 0) is 0 Å². The lowest BCUT2D eigenvalue weighted by Gasteiger charge is -2.16. The van der Waals surface area contributed by atoms with Crippen LogP contribution in [0.3, 0.4) is 0 Å². The summed E-state index contributed by atoms with van der Waals surface area (Å²) in [6.07, 6.45) is 0. The van der Waals surface area contributed by atoms with Crippen molar-refractivity contribution in [3.8, 4) is 5.75 Å². The normalized spacial score (nSPS) is 23.6. The summed E-state index contributed by atoms with van der Waals surface area (Å²) >= 11 is 0. The Morgan fingerprint density at radius 3 is 2.94 bits per heavy atom. The van der Waals surface area contributed by atoms with E-state index in [2.05, 4.69) is 10.6 Å². The van der Waals surface area contributed by atoms with Gasteiger partial charge in [0.2, 0.25) is 0 Å². The number of halogens is 1. The highest BCUT2D eigenvalue weighted by molar-refractivity contribution is 5.97. The van der Waals surface area contributed by atoms with Crippen LogP contribution in [0.15, 0.2) is 18.2 Å². The van der Waals surface area contributed by atoms with Crippen molar-refractivity contribution in [3.05, 3.63) is 29.6 Å². The number of carbonyl (C=O) groups excluding carboxylic acids is 1. The van der Waals surface area contributed by atoms with Crippen LogP contribution in [0.2, 0.25) is 0 Å². The van der Waals surface area contributed by atoms with Crippen molar-refractivity contribution in [2.45, 2.75) is 13.0 Å². The molecule has 5 heteroatoms. The van der Waals surface area contributed by atoms with Crippen molar-refractivity contribution >= 4 is 5.91 Å². The fraction of sp³-hybridized carbons (Fsp3) is 0.417. The highest BCUT2D eigenvalue weighted by Gasteiger charge is 2.25. The molecule has 1 heterocycles. The first-order valence-corrected chi connectivity index (χ1v) is 5.58. The van der Waals surface area contributed by atoms with Crippen LogP contribution in [0.5, 0.6) is 5.75 Å². The zero-order chi connectivity index (χ0) is 12.4. The topological polar surface area (TPSA) is 61.4 Å². The molecule has 1 aromatic carbocycles. The van der Waals surface area contributed by atoms with E-state index in [0.29, 0.717) is 12.5 Å². The number of phenols is 1. The molecule has 1 amide bonds. The minimum Gasteiger partial charge on any atom is -0.507 e. The van der Waals surface area contributed by atoms with Gasteiger partial charge >= 0.3 is 0 Å². The molecule has 2 unspecified atom stereocenters. The van der Waals surface area contributed by atoms with Gasteiger partial charge in [0.15, 0.2) is 0 Å². The summed E-state index contributed by atoms with van der Waals surface area (Å²) in [5.74, 6) is -0.856. The Labute approximate surface area is 98.8 Å². The molecule has 0 aromatic heterocycles. The molecule has 3 N–H and O–H groups in total. The number of hydrogen-bond acceptors (Lipinski definition) is 3. The van der Waals surface area contributed by atoms with Gasteiger partial charge in [0.25, 0.3) is 5.91 Å². The molecule has 0 bridgehead atoms. The average molecular weight is 238 g/mol. The Kier molecular flexibility index (Phi) is 3.28. The van der Waals surface area contributed by atoms with E-state index in [1.54, 1.807) is 0 Å². The van der Waals surface area contributed by atoms with Crippen molar-refractivity contribution in [3.63, 3.8) is 0 Å². The highest BCUT2D eigenvalue weighted by atomic mass is 19.1.